The maximum atomic E-state index is 13.1. The predicted octanol–water partition coefficient (Wildman–Crippen LogP) is 5.45. The molecule has 0 aliphatic rings. The highest BCUT2D eigenvalue weighted by Gasteiger charge is 2.63. The summed E-state index contributed by atoms with van der Waals surface area (Å²) in [5.41, 5.74) is -1.30. The van der Waals surface area contributed by atoms with Gasteiger partial charge in [0.2, 0.25) is 0 Å². The summed E-state index contributed by atoms with van der Waals surface area (Å²) >= 11 is 0. The first-order chi connectivity index (χ1) is 10.5. The largest absolute Gasteiger partial charge is 0.463 e. The van der Waals surface area contributed by atoms with Gasteiger partial charge in [0.1, 0.15) is 6.61 Å². The zero-order valence-electron chi connectivity index (χ0n) is 18.1. The molecule has 24 heavy (non-hydrogen) atoms. The average molecular weight is 343 g/mol. The summed E-state index contributed by atoms with van der Waals surface area (Å²) in [5, 5.41) is 9.07. The predicted molar refractivity (Wildman–Crippen MR) is 102 cm³/mol. The second-order valence-electron chi connectivity index (χ2n) is 10.1. The fourth-order valence-corrected chi connectivity index (χ4v) is 4.19. The highest BCUT2D eigenvalue weighted by molar-refractivity contribution is 5.78. The Bertz CT molecular complexity index is 427. The monoisotopic (exact) mass is 342 g/mol. The Hall–Kier alpha value is -0.570. The van der Waals surface area contributed by atoms with Gasteiger partial charge in [-0.3, -0.25) is 4.79 Å². The zero-order valence-corrected chi connectivity index (χ0v) is 18.1. The Morgan fingerprint density at radius 2 is 1.33 bits per heavy atom. The van der Waals surface area contributed by atoms with Gasteiger partial charge < -0.3 is 9.84 Å². The van der Waals surface area contributed by atoms with Gasteiger partial charge in [-0.15, -0.1) is 0 Å². The third-order valence-electron chi connectivity index (χ3n) is 7.61. The van der Waals surface area contributed by atoms with Gasteiger partial charge in [-0.2, -0.15) is 0 Å². The molecule has 0 aromatic heterocycles. The Labute approximate surface area is 150 Å². The fourth-order valence-electron chi connectivity index (χ4n) is 4.19. The second kappa shape index (κ2) is 7.35. The number of hydrogen-bond donors (Lipinski definition) is 1. The number of carbonyl (C=O) groups is 1. The molecule has 1 N–H and O–H groups in total. The Morgan fingerprint density at radius 1 is 0.875 bits per heavy atom. The van der Waals surface area contributed by atoms with Crippen LogP contribution in [0, 0.1) is 27.1 Å². The van der Waals surface area contributed by atoms with Gasteiger partial charge in [0.25, 0.3) is 0 Å². The van der Waals surface area contributed by atoms with Crippen molar-refractivity contribution in [2.24, 2.45) is 27.1 Å². The summed E-state index contributed by atoms with van der Waals surface area (Å²) in [6, 6.07) is 0. The van der Waals surface area contributed by atoms with Crippen molar-refractivity contribution in [2.45, 2.75) is 89.0 Å². The molecule has 0 rings (SSSR count). The van der Waals surface area contributed by atoms with Crippen LogP contribution in [0.3, 0.4) is 0 Å². The Morgan fingerprint density at radius 3 is 1.67 bits per heavy atom. The third-order valence-corrected chi connectivity index (χ3v) is 7.61. The van der Waals surface area contributed by atoms with Gasteiger partial charge in [0.05, 0.1) is 12.0 Å². The van der Waals surface area contributed by atoms with Crippen LogP contribution < -0.4 is 0 Å². The molecule has 0 saturated carbocycles. The molecule has 0 radical (unpaired) electrons. The summed E-state index contributed by atoms with van der Waals surface area (Å²) < 4.78 is 5.45. The first-order valence-corrected chi connectivity index (χ1v) is 9.32. The lowest BCUT2D eigenvalue weighted by molar-refractivity contribution is -0.196. The first-order valence-electron chi connectivity index (χ1n) is 9.32. The number of aliphatic hydroxyl groups is 1. The van der Waals surface area contributed by atoms with Gasteiger partial charge in [0, 0.05) is 0 Å². The van der Waals surface area contributed by atoms with E-state index < -0.39 is 5.41 Å². The minimum atomic E-state index is -0.691. The Kier molecular flexibility index (Phi) is 7.18. The number of hydrogen-bond acceptors (Lipinski definition) is 3. The van der Waals surface area contributed by atoms with Crippen molar-refractivity contribution in [3.05, 3.63) is 0 Å². The minimum absolute atomic E-state index is 0.0549. The lowest BCUT2D eigenvalue weighted by atomic mass is 9.42. The molecule has 0 aliphatic carbocycles. The third kappa shape index (κ3) is 3.66. The first kappa shape index (κ1) is 23.4. The maximum Gasteiger partial charge on any atom is 0.312 e. The van der Waals surface area contributed by atoms with E-state index in [2.05, 4.69) is 69.2 Å². The highest BCUT2D eigenvalue weighted by atomic mass is 16.5. The molecule has 3 nitrogen and oxygen atoms in total. The van der Waals surface area contributed by atoms with E-state index in [1.165, 1.54) is 0 Å². The maximum absolute atomic E-state index is 13.1. The molecule has 0 amide bonds. The SMILES string of the molecule is CCCC(C)(C)C(C)(C)C(C)(C)C(C)(C(=O)OCCO)C(C)(C)C. The molecule has 144 valence electrons. The van der Waals surface area contributed by atoms with Crippen molar-refractivity contribution in [3.8, 4) is 0 Å². The van der Waals surface area contributed by atoms with Crippen molar-refractivity contribution < 1.29 is 14.6 Å². The van der Waals surface area contributed by atoms with Gasteiger partial charge in [-0.1, -0.05) is 75.7 Å². The van der Waals surface area contributed by atoms with Crippen LogP contribution in [0.4, 0.5) is 0 Å². The molecule has 1 unspecified atom stereocenters. The lowest BCUT2D eigenvalue weighted by Gasteiger charge is -2.62. The van der Waals surface area contributed by atoms with Crippen molar-refractivity contribution in [2.75, 3.05) is 13.2 Å². The van der Waals surface area contributed by atoms with E-state index in [1.54, 1.807) is 0 Å². The van der Waals surface area contributed by atoms with Gasteiger partial charge >= 0.3 is 5.97 Å². The van der Waals surface area contributed by atoms with Crippen LogP contribution in [0.5, 0.6) is 0 Å². The number of esters is 1. The molecule has 0 aliphatic heterocycles. The summed E-state index contributed by atoms with van der Waals surface area (Å²) in [6.07, 6.45) is 2.23. The van der Waals surface area contributed by atoms with E-state index in [4.69, 9.17) is 9.84 Å². The standard InChI is InChI=1S/C21H42O3/c1-12-13-18(5,6)19(7,8)20(9,10)21(11,17(2,3)4)16(23)24-15-14-22/h22H,12-15H2,1-11H3. The van der Waals surface area contributed by atoms with Crippen LogP contribution in [0.1, 0.15) is 89.0 Å². The van der Waals surface area contributed by atoms with Gasteiger partial charge in [-0.05, 0) is 35.0 Å². The van der Waals surface area contributed by atoms with Crippen LogP contribution in [0.25, 0.3) is 0 Å². The molecule has 0 aromatic carbocycles. The molecule has 0 fully saturated rings. The second-order valence-corrected chi connectivity index (χ2v) is 10.1. The number of rotatable bonds is 8. The summed E-state index contributed by atoms with van der Waals surface area (Å²) in [5.74, 6) is -0.213. The molecule has 0 aromatic rings. The van der Waals surface area contributed by atoms with Crippen LogP contribution in [0.2, 0.25) is 0 Å². The van der Waals surface area contributed by atoms with Crippen molar-refractivity contribution in [1.29, 1.82) is 0 Å². The summed E-state index contributed by atoms with van der Waals surface area (Å²) in [4.78, 5) is 13.1. The van der Waals surface area contributed by atoms with E-state index in [0.717, 1.165) is 12.8 Å². The van der Waals surface area contributed by atoms with Crippen LogP contribution in [-0.4, -0.2) is 24.3 Å². The highest BCUT2D eigenvalue weighted by Crippen LogP contribution is 2.65. The zero-order chi connectivity index (χ0) is 19.6. The van der Waals surface area contributed by atoms with Crippen LogP contribution >= 0.6 is 0 Å². The lowest BCUT2D eigenvalue weighted by Crippen LogP contribution is -2.60. The topological polar surface area (TPSA) is 46.5 Å². The van der Waals surface area contributed by atoms with Crippen molar-refractivity contribution in [1.82, 2.24) is 0 Å². The smallest absolute Gasteiger partial charge is 0.312 e. The van der Waals surface area contributed by atoms with E-state index in [9.17, 15) is 4.79 Å². The molecule has 0 spiro atoms. The normalized spacial score (nSPS) is 16.7. The average Bonchev–Trinajstić information content (AvgIpc) is 2.41. The summed E-state index contributed by atoms with van der Waals surface area (Å²) in [6.45, 7) is 24.1. The molecule has 3 heteroatoms. The number of carbonyl (C=O) groups excluding carboxylic acids is 1. The van der Waals surface area contributed by atoms with Gasteiger partial charge in [0.15, 0.2) is 0 Å². The van der Waals surface area contributed by atoms with E-state index >= 15 is 0 Å². The van der Waals surface area contributed by atoms with Crippen molar-refractivity contribution in [3.63, 3.8) is 0 Å². The molecular formula is C21H42O3. The molecule has 1 atom stereocenters. The molecular weight excluding hydrogens is 300 g/mol. The number of aliphatic hydroxyl groups excluding tert-OH is 1. The molecule has 0 saturated heterocycles. The summed E-state index contributed by atoms with van der Waals surface area (Å²) in [7, 11) is 0. The van der Waals surface area contributed by atoms with E-state index in [1.807, 2.05) is 6.92 Å². The van der Waals surface area contributed by atoms with Crippen molar-refractivity contribution >= 4 is 5.97 Å². The molecule has 0 heterocycles. The quantitative estimate of drug-likeness (QED) is 0.596. The van der Waals surface area contributed by atoms with E-state index in [-0.39, 0.29) is 40.8 Å². The van der Waals surface area contributed by atoms with Crippen LogP contribution in [0.15, 0.2) is 0 Å². The van der Waals surface area contributed by atoms with Crippen LogP contribution in [-0.2, 0) is 9.53 Å². The van der Waals surface area contributed by atoms with E-state index in [0.29, 0.717) is 0 Å². The van der Waals surface area contributed by atoms with Gasteiger partial charge in [-0.25, -0.2) is 0 Å². The molecule has 0 bridgehead atoms. The fraction of sp³-hybridized carbons (Fsp3) is 0.952. The Balaban J connectivity index is 6.24. The minimum Gasteiger partial charge on any atom is -0.463 e. The number of ether oxygens (including phenoxy) is 1.